The Morgan fingerprint density at radius 1 is 1.24 bits per heavy atom. The van der Waals surface area contributed by atoms with Crippen molar-refractivity contribution in [1.82, 2.24) is 19.5 Å². The largest absolute Gasteiger partial charge is 0.433 e. The molecule has 10 heteroatoms. The second-order valence-electron chi connectivity index (χ2n) is 5.31. The Hall–Kier alpha value is -2.33. The molecule has 0 saturated carbocycles. The molecule has 3 aromatic heterocycles. The quantitative estimate of drug-likeness (QED) is 0.692. The molecule has 1 atom stereocenters. The first kappa shape index (κ1) is 17.5. The highest BCUT2D eigenvalue weighted by Gasteiger charge is 2.33. The molecule has 3 aromatic rings. The number of anilines is 1. The fourth-order valence-electron chi connectivity index (χ4n) is 2.46. The minimum absolute atomic E-state index is 0.162. The van der Waals surface area contributed by atoms with Crippen molar-refractivity contribution < 1.29 is 17.7 Å². The summed E-state index contributed by atoms with van der Waals surface area (Å²) in [6.45, 7) is 1.82. The van der Waals surface area contributed by atoms with Crippen LogP contribution in [0.25, 0.3) is 22.4 Å². The average Bonchev–Trinajstić information content (AvgIpc) is 2.89. The van der Waals surface area contributed by atoms with Crippen LogP contribution in [-0.2, 0) is 24.4 Å². The predicted molar refractivity (Wildman–Crippen MR) is 90.0 cm³/mol. The van der Waals surface area contributed by atoms with Gasteiger partial charge in [-0.05, 0) is 19.1 Å². The van der Waals surface area contributed by atoms with Crippen molar-refractivity contribution in [2.75, 3.05) is 11.5 Å². The van der Waals surface area contributed by atoms with Crippen molar-refractivity contribution in [3.63, 3.8) is 0 Å². The van der Waals surface area contributed by atoms with E-state index < -0.39 is 23.0 Å². The molecule has 0 radical (unpaired) electrons. The first-order valence-electron chi connectivity index (χ1n) is 7.28. The van der Waals surface area contributed by atoms with Crippen molar-refractivity contribution in [3.05, 3.63) is 30.2 Å². The summed E-state index contributed by atoms with van der Waals surface area (Å²) < 4.78 is 50.4. The lowest BCUT2D eigenvalue weighted by molar-refractivity contribution is -0.141. The molecule has 132 valence electrons. The zero-order valence-electron chi connectivity index (χ0n) is 13.4. The number of hydrogen-bond donors (Lipinski definition) is 2. The van der Waals surface area contributed by atoms with Gasteiger partial charge in [-0.3, -0.25) is 0 Å². The second-order valence-corrected chi connectivity index (χ2v) is 7.06. The Balaban J connectivity index is 2.23. The third-order valence-corrected chi connectivity index (χ3v) is 5.09. The monoisotopic (exact) mass is 370 g/mol. The molecule has 3 rings (SSSR count). The molecule has 0 aliphatic rings. The van der Waals surface area contributed by atoms with Gasteiger partial charge in [-0.2, -0.15) is 17.7 Å². The number of aromatic nitrogens is 4. The lowest BCUT2D eigenvalue weighted by Gasteiger charge is -2.07. The zero-order valence-corrected chi connectivity index (χ0v) is 14.2. The van der Waals surface area contributed by atoms with Crippen LogP contribution in [0, 0.1) is 0 Å². The number of nitrogens with two attached hydrogens (primary N) is 1. The van der Waals surface area contributed by atoms with Gasteiger partial charge in [0, 0.05) is 7.05 Å². The third kappa shape index (κ3) is 3.14. The summed E-state index contributed by atoms with van der Waals surface area (Å²) in [5, 5.41) is 0. The smallest absolute Gasteiger partial charge is 0.384 e. The van der Waals surface area contributed by atoms with Gasteiger partial charge >= 0.3 is 6.18 Å². The Kier molecular flexibility index (Phi) is 4.33. The van der Waals surface area contributed by atoms with E-state index in [1.807, 2.05) is 6.92 Å². The van der Waals surface area contributed by atoms with E-state index in [1.165, 1.54) is 6.20 Å². The molecule has 6 nitrogen and oxygen atoms in total. The van der Waals surface area contributed by atoms with E-state index in [0.717, 1.165) is 12.3 Å². The van der Waals surface area contributed by atoms with Gasteiger partial charge in [-0.15, -0.1) is 0 Å². The van der Waals surface area contributed by atoms with E-state index >= 15 is 0 Å². The number of nitrogen functional groups attached to an aromatic ring is 1. The molecule has 3 N–H and O–H groups in total. The highest BCUT2D eigenvalue weighted by molar-refractivity contribution is 7.91. The molecular weight excluding hydrogens is 355 g/mol. The topological polar surface area (TPSA) is 89.8 Å². The van der Waals surface area contributed by atoms with Gasteiger partial charge in [0.2, 0.25) is 4.90 Å². The minimum Gasteiger partial charge on any atom is -0.384 e. The number of pyridine rings is 2. The van der Waals surface area contributed by atoms with Crippen LogP contribution >= 0.6 is 0 Å². The van der Waals surface area contributed by atoms with E-state index in [9.17, 15) is 17.7 Å². The number of halogens is 3. The fourth-order valence-corrected chi connectivity index (χ4v) is 3.35. The summed E-state index contributed by atoms with van der Waals surface area (Å²) in [4.78, 5) is 12.3. The molecule has 0 fully saturated rings. The summed E-state index contributed by atoms with van der Waals surface area (Å²) in [5.74, 6) is 1.09. The van der Waals surface area contributed by atoms with Gasteiger partial charge in [0.15, 0.2) is 11.2 Å². The summed E-state index contributed by atoms with van der Waals surface area (Å²) in [6.07, 6.45) is -1.94. The van der Waals surface area contributed by atoms with Crippen molar-refractivity contribution in [2.24, 2.45) is 7.05 Å². The Morgan fingerprint density at radius 2 is 1.96 bits per heavy atom. The molecule has 0 amide bonds. The number of fused-ring (bicyclic) bond motifs is 1. The van der Waals surface area contributed by atoms with Crippen LogP contribution in [0.2, 0.25) is 0 Å². The third-order valence-electron chi connectivity index (χ3n) is 3.71. The summed E-state index contributed by atoms with van der Waals surface area (Å²) in [5.41, 5.74) is 5.88. The van der Waals surface area contributed by atoms with Gasteiger partial charge in [0.05, 0.1) is 29.0 Å². The first-order valence-corrected chi connectivity index (χ1v) is 8.63. The second kappa shape index (κ2) is 6.19. The summed E-state index contributed by atoms with van der Waals surface area (Å²) in [7, 11) is 1.67. The average molecular weight is 370 g/mol. The lowest BCUT2D eigenvalue weighted by Crippen LogP contribution is -2.08. The number of alkyl halides is 3. The maximum Gasteiger partial charge on any atom is 0.433 e. The van der Waals surface area contributed by atoms with Crippen molar-refractivity contribution >= 4 is 28.0 Å². The van der Waals surface area contributed by atoms with E-state index in [0.29, 0.717) is 27.6 Å². The predicted octanol–water partition coefficient (Wildman–Crippen LogP) is 3.10. The van der Waals surface area contributed by atoms with Crippen LogP contribution in [0.15, 0.2) is 29.4 Å². The van der Waals surface area contributed by atoms with Crippen molar-refractivity contribution in [3.8, 4) is 11.4 Å². The zero-order chi connectivity index (χ0) is 18.4. The van der Waals surface area contributed by atoms with Crippen LogP contribution in [0.3, 0.4) is 0 Å². The maximum absolute atomic E-state index is 12.9. The van der Waals surface area contributed by atoms with Crippen LogP contribution in [0.1, 0.15) is 12.6 Å². The van der Waals surface area contributed by atoms with E-state index in [1.54, 1.807) is 17.7 Å². The molecule has 0 bridgehead atoms. The summed E-state index contributed by atoms with van der Waals surface area (Å²) >= 11 is -1.08. The molecule has 0 spiro atoms. The Bertz CT molecular complexity index is 941. The molecule has 25 heavy (non-hydrogen) atoms. The van der Waals surface area contributed by atoms with E-state index in [2.05, 4.69) is 15.0 Å². The van der Waals surface area contributed by atoms with Gasteiger partial charge in [0.1, 0.15) is 23.1 Å². The molecule has 0 aliphatic carbocycles. The Morgan fingerprint density at radius 3 is 2.60 bits per heavy atom. The highest BCUT2D eigenvalue weighted by Crippen LogP contribution is 2.33. The standard InChI is InChI=1S/C15H15F3N5OS/c1-3-25(24)11-7-21-13(19)4-8(11)14-22-9-5-12(15(16,17)18)20-6-10(9)23(14)2/h4-7,24H,3H2,1-2H3,(H2,19,21)/q+1. The maximum atomic E-state index is 12.9. The van der Waals surface area contributed by atoms with Crippen LogP contribution in [0.4, 0.5) is 19.0 Å². The van der Waals surface area contributed by atoms with Gasteiger partial charge in [0.25, 0.3) is 0 Å². The normalized spacial score (nSPS) is 13.4. The Labute approximate surface area is 144 Å². The number of nitrogens with zero attached hydrogens (tertiary/aromatic N) is 4. The first-order chi connectivity index (χ1) is 11.7. The minimum atomic E-state index is -4.54. The molecule has 0 aliphatic heterocycles. The lowest BCUT2D eigenvalue weighted by atomic mass is 10.2. The fraction of sp³-hybridized carbons (Fsp3) is 0.267. The van der Waals surface area contributed by atoms with Gasteiger partial charge in [-0.1, -0.05) is 0 Å². The number of aryl methyl sites for hydroxylation is 1. The number of rotatable bonds is 3. The highest BCUT2D eigenvalue weighted by atomic mass is 32.2. The SMILES string of the molecule is CC[S+](O)c1cnc(N)cc1-c1nc2cc(C(F)(F)F)ncc2n1C. The van der Waals surface area contributed by atoms with Gasteiger partial charge in [-0.25, -0.2) is 15.0 Å². The summed E-state index contributed by atoms with van der Waals surface area (Å²) in [6, 6.07) is 2.46. The van der Waals surface area contributed by atoms with E-state index in [4.69, 9.17) is 5.73 Å². The molecule has 0 aromatic carbocycles. The van der Waals surface area contributed by atoms with Crippen LogP contribution < -0.4 is 5.73 Å². The molecule has 1 unspecified atom stereocenters. The number of hydrogen-bond acceptors (Lipinski definition) is 5. The van der Waals surface area contributed by atoms with Gasteiger partial charge < -0.3 is 10.3 Å². The number of imidazole rings is 1. The van der Waals surface area contributed by atoms with Crippen LogP contribution in [-0.4, -0.2) is 29.8 Å². The molecular formula is C15H15F3N5OS+. The van der Waals surface area contributed by atoms with Crippen LogP contribution in [0.5, 0.6) is 0 Å². The van der Waals surface area contributed by atoms with Crippen molar-refractivity contribution in [2.45, 2.75) is 18.0 Å². The van der Waals surface area contributed by atoms with E-state index in [-0.39, 0.29) is 11.3 Å². The molecule has 3 heterocycles. The molecule has 0 saturated heterocycles. The van der Waals surface area contributed by atoms with Crippen molar-refractivity contribution in [1.29, 1.82) is 0 Å².